The number of alkyl halides is 6. The molecule has 8 rings (SSSR count). The van der Waals surface area contributed by atoms with Gasteiger partial charge < -0.3 is 5.11 Å². The second kappa shape index (κ2) is 12.9. The summed E-state index contributed by atoms with van der Waals surface area (Å²) in [6.45, 7) is 3.37. The maximum atomic E-state index is 15.2. The minimum atomic E-state index is -5.22. The number of hydrogen-bond acceptors (Lipinski definition) is 5. The zero-order chi connectivity index (χ0) is 40.1. The van der Waals surface area contributed by atoms with Crippen LogP contribution in [0.2, 0.25) is 0 Å². The lowest BCUT2D eigenvalue weighted by molar-refractivity contribution is -0.143. The van der Waals surface area contributed by atoms with Crippen LogP contribution in [0, 0.1) is 37.5 Å². The van der Waals surface area contributed by atoms with Gasteiger partial charge in [-0.3, -0.25) is 19.2 Å². The number of aryl methyl sites for hydroxylation is 2. The van der Waals surface area contributed by atoms with E-state index in [0.29, 0.717) is 50.4 Å². The van der Waals surface area contributed by atoms with E-state index >= 15 is 9.59 Å². The van der Waals surface area contributed by atoms with Gasteiger partial charge in [-0.2, -0.15) is 26.3 Å². The van der Waals surface area contributed by atoms with Crippen molar-refractivity contribution >= 4 is 34.6 Å². The molecule has 286 valence electrons. The summed E-state index contributed by atoms with van der Waals surface area (Å²) in [5.41, 5.74) is -2.53. The SMILES string of the molecule is Cc1cc([C@H]2C3=CC[C@@H]4C(=O)N(c5cc(C(F)(F)F)cc(C(F)(F)F)c5)C(=O)[C@@H]4[C@@H]3C[C@H]3C(=O)C(c4ccccc4)=CC(=O)[C@@]23c2ccccc2)cc(C)c1O. The minimum absolute atomic E-state index is 0.0212. The smallest absolute Gasteiger partial charge is 0.416 e. The molecule has 0 radical (unpaired) electrons. The topological polar surface area (TPSA) is 91.8 Å². The van der Waals surface area contributed by atoms with E-state index in [4.69, 9.17) is 0 Å². The summed E-state index contributed by atoms with van der Waals surface area (Å²) in [5, 5.41) is 10.8. The third-order valence-corrected chi connectivity index (χ3v) is 12.1. The molecule has 6 nitrogen and oxygen atoms in total. The van der Waals surface area contributed by atoms with E-state index in [1.54, 1.807) is 92.7 Å². The van der Waals surface area contributed by atoms with Crippen LogP contribution in [0.5, 0.6) is 5.75 Å². The van der Waals surface area contributed by atoms with Gasteiger partial charge in [-0.1, -0.05) is 84.4 Å². The Hall–Kier alpha value is -5.78. The molecule has 4 aromatic carbocycles. The number of phenolic OH excluding ortho intramolecular Hbond substituents is 1. The normalized spacial score (nSPS) is 26.4. The molecule has 3 aliphatic carbocycles. The fraction of sp³-hybridized carbons (Fsp3) is 0.273. The number of aromatic hydroxyl groups is 1. The standard InChI is InChI=1S/C44H33F6NO5/c1-22-15-25(16-23(2)38(22)53)37-30-13-14-31-36(41(56)51(40(31)55)29-18-27(43(45,46)47)17-28(19-29)44(48,49)50)33(30)20-34-39(54)32(24-9-5-3-6-10-24)21-35(52)42(34,37)26-11-7-4-8-12-26/h3-13,15-19,21,31,33-34,36-37,53H,14,20H2,1-2H3/t31-,33+,34-,36-,37-,42-/m0/s1. The highest BCUT2D eigenvalue weighted by molar-refractivity contribution is 6.32. The molecule has 1 aliphatic heterocycles. The van der Waals surface area contributed by atoms with Crippen LogP contribution in [0.3, 0.4) is 0 Å². The van der Waals surface area contributed by atoms with Gasteiger partial charge in [0.25, 0.3) is 0 Å². The molecule has 1 saturated heterocycles. The van der Waals surface area contributed by atoms with Crippen molar-refractivity contribution in [3.63, 3.8) is 0 Å². The number of halogens is 6. The Morgan fingerprint density at radius 1 is 0.732 bits per heavy atom. The third kappa shape index (κ3) is 5.55. The number of carbonyl (C=O) groups is 4. The first-order chi connectivity index (χ1) is 26.4. The van der Waals surface area contributed by atoms with Crippen molar-refractivity contribution in [1.29, 1.82) is 0 Å². The highest BCUT2D eigenvalue weighted by atomic mass is 19.4. The quantitative estimate of drug-likeness (QED) is 0.127. The Morgan fingerprint density at radius 2 is 1.30 bits per heavy atom. The Bertz CT molecular complexity index is 2340. The van der Waals surface area contributed by atoms with Crippen LogP contribution in [-0.4, -0.2) is 28.5 Å². The first kappa shape index (κ1) is 37.2. The van der Waals surface area contributed by atoms with E-state index in [1.165, 1.54) is 6.08 Å². The molecular weight excluding hydrogens is 736 g/mol. The van der Waals surface area contributed by atoms with Gasteiger partial charge in [-0.25, -0.2) is 4.90 Å². The van der Waals surface area contributed by atoms with Crippen molar-refractivity contribution < 1.29 is 50.6 Å². The Balaban J connectivity index is 1.34. The predicted molar refractivity (Wildman–Crippen MR) is 193 cm³/mol. The van der Waals surface area contributed by atoms with Crippen molar-refractivity contribution in [2.24, 2.45) is 23.7 Å². The Labute approximate surface area is 317 Å². The molecule has 0 aromatic heterocycles. The number of allylic oxidation sites excluding steroid dienone is 4. The zero-order valence-electron chi connectivity index (χ0n) is 29.9. The molecule has 2 amide bonds. The van der Waals surface area contributed by atoms with Gasteiger partial charge in [-0.05, 0) is 84.7 Å². The molecule has 4 aliphatic rings. The number of hydrogen-bond donors (Lipinski definition) is 1. The van der Waals surface area contributed by atoms with Gasteiger partial charge >= 0.3 is 12.4 Å². The molecule has 1 heterocycles. The van der Waals surface area contributed by atoms with E-state index < -0.39 is 76.0 Å². The fourth-order valence-electron chi connectivity index (χ4n) is 9.73. The van der Waals surface area contributed by atoms with Gasteiger partial charge in [0.15, 0.2) is 11.6 Å². The zero-order valence-corrected chi connectivity index (χ0v) is 29.9. The van der Waals surface area contributed by atoms with Crippen LogP contribution in [-0.2, 0) is 36.9 Å². The number of amides is 2. The minimum Gasteiger partial charge on any atom is -0.507 e. The first-order valence-corrected chi connectivity index (χ1v) is 18.0. The highest BCUT2D eigenvalue weighted by Gasteiger charge is 2.66. The Morgan fingerprint density at radius 3 is 1.88 bits per heavy atom. The average molecular weight is 770 g/mol. The molecule has 6 atom stereocenters. The fourth-order valence-corrected chi connectivity index (χ4v) is 9.73. The molecule has 0 unspecified atom stereocenters. The number of fused-ring (bicyclic) bond motifs is 4. The number of ketones is 2. The van der Waals surface area contributed by atoms with Gasteiger partial charge in [0.05, 0.1) is 34.1 Å². The molecule has 0 bridgehead atoms. The van der Waals surface area contributed by atoms with Crippen molar-refractivity contribution in [2.75, 3.05) is 4.90 Å². The summed E-state index contributed by atoms with van der Waals surface area (Å²) in [5.74, 6) is -8.08. The molecule has 4 aromatic rings. The van der Waals surface area contributed by atoms with Crippen molar-refractivity contribution in [1.82, 2.24) is 0 Å². The summed E-state index contributed by atoms with van der Waals surface area (Å²) in [4.78, 5) is 59.3. The molecule has 0 spiro atoms. The second-order valence-corrected chi connectivity index (χ2v) is 15.1. The van der Waals surface area contributed by atoms with Gasteiger partial charge in [0.2, 0.25) is 11.8 Å². The van der Waals surface area contributed by atoms with E-state index in [0.717, 1.165) is 0 Å². The summed E-state index contributed by atoms with van der Waals surface area (Å²) < 4.78 is 83.6. The van der Waals surface area contributed by atoms with Gasteiger partial charge in [-0.15, -0.1) is 0 Å². The molecule has 1 saturated carbocycles. The number of anilines is 1. The monoisotopic (exact) mass is 769 g/mol. The summed E-state index contributed by atoms with van der Waals surface area (Å²) >= 11 is 0. The lowest BCUT2D eigenvalue weighted by Gasteiger charge is -2.55. The lowest BCUT2D eigenvalue weighted by Crippen LogP contribution is -2.58. The molecule has 12 heteroatoms. The summed E-state index contributed by atoms with van der Waals surface area (Å²) in [6.07, 6.45) is -7.56. The van der Waals surface area contributed by atoms with Gasteiger partial charge in [0.1, 0.15) is 5.75 Å². The second-order valence-electron chi connectivity index (χ2n) is 15.1. The van der Waals surface area contributed by atoms with Crippen LogP contribution in [0.15, 0.2) is 109 Å². The summed E-state index contributed by atoms with van der Waals surface area (Å²) in [6, 6.07) is 21.5. The largest absolute Gasteiger partial charge is 0.507 e. The maximum Gasteiger partial charge on any atom is 0.416 e. The number of nitrogens with zero attached hydrogens (tertiary/aromatic N) is 1. The molecule has 56 heavy (non-hydrogen) atoms. The van der Waals surface area contributed by atoms with Crippen molar-refractivity contribution in [3.8, 4) is 5.75 Å². The molecular formula is C44H33F6NO5. The van der Waals surface area contributed by atoms with Crippen molar-refractivity contribution in [3.05, 3.63) is 148 Å². The van der Waals surface area contributed by atoms with E-state index in [2.05, 4.69) is 0 Å². The highest BCUT2D eigenvalue weighted by Crippen LogP contribution is 2.64. The van der Waals surface area contributed by atoms with E-state index in [1.807, 2.05) is 0 Å². The van der Waals surface area contributed by atoms with E-state index in [-0.39, 0.29) is 41.8 Å². The Kier molecular flexibility index (Phi) is 8.55. The number of Topliss-reactive ketones (excluding diaryl/α,β-unsaturated/α-hetero) is 1. The first-order valence-electron chi connectivity index (χ1n) is 18.0. The van der Waals surface area contributed by atoms with Crippen LogP contribution in [0.1, 0.15) is 57.7 Å². The van der Waals surface area contributed by atoms with E-state index in [9.17, 15) is 41.0 Å². The van der Waals surface area contributed by atoms with Crippen molar-refractivity contribution in [2.45, 2.75) is 50.4 Å². The molecule has 1 N–H and O–H groups in total. The van der Waals surface area contributed by atoms with Crippen LogP contribution in [0.25, 0.3) is 5.57 Å². The number of phenols is 1. The average Bonchev–Trinajstić information content (AvgIpc) is 3.42. The summed E-state index contributed by atoms with van der Waals surface area (Å²) in [7, 11) is 0. The van der Waals surface area contributed by atoms with Crippen LogP contribution < -0.4 is 4.90 Å². The number of rotatable bonds is 4. The number of carbonyl (C=O) groups excluding carboxylic acids is 4. The maximum absolute atomic E-state index is 15.2. The third-order valence-electron chi connectivity index (χ3n) is 12.1. The van der Waals surface area contributed by atoms with Gasteiger partial charge in [0, 0.05) is 17.4 Å². The van der Waals surface area contributed by atoms with Crippen LogP contribution in [0.4, 0.5) is 32.0 Å². The molecule has 2 fully saturated rings. The lowest BCUT2D eigenvalue weighted by atomic mass is 9.44. The number of benzene rings is 4. The number of imide groups is 1. The van der Waals surface area contributed by atoms with Crippen LogP contribution >= 0.6 is 0 Å². The predicted octanol–water partition coefficient (Wildman–Crippen LogP) is 9.08.